The van der Waals surface area contributed by atoms with Crippen molar-refractivity contribution in [3.8, 4) is 0 Å². The van der Waals surface area contributed by atoms with Crippen LogP contribution in [0.3, 0.4) is 0 Å². The number of hydrogen-bond donors (Lipinski definition) is 1. The van der Waals surface area contributed by atoms with Gasteiger partial charge < -0.3 is 5.32 Å². The number of hydrogen-bond acceptors (Lipinski definition) is 2. The summed E-state index contributed by atoms with van der Waals surface area (Å²) in [5.41, 5.74) is 1.22. The van der Waals surface area contributed by atoms with Gasteiger partial charge in [0.25, 0.3) is 0 Å². The SMILES string of the molecule is CNC(c1nccc2ccccc12)C1CCC1. The molecule has 3 rings (SSSR count). The molecule has 1 atom stereocenters. The summed E-state index contributed by atoms with van der Waals surface area (Å²) in [6, 6.07) is 11.0. The molecule has 17 heavy (non-hydrogen) atoms. The van der Waals surface area contributed by atoms with E-state index in [1.807, 2.05) is 13.2 Å². The summed E-state index contributed by atoms with van der Waals surface area (Å²) >= 11 is 0. The third-order valence-corrected chi connectivity index (χ3v) is 3.93. The molecule has 1 N–H and O–H groups in total. The van der Waals surface area contributed by atoms with Crippen LogP contribution in [-0.4, -0.2) is 12.0 Å². The van der Waals surface area contributed by atoms with Crippen molar-refractivity contribution >= 4 is 10.8 Å². The molecule has 0 radical (unpaired) electrons. The average molecular weight is 226 g/mol. The Kier molecular flexibility index (Phi) is 2.81. The van der Waals surface area contributed by atoms with Crippen molar-refractivity contribution in [3.63, 3.8) is 0 Å². The molecule has 0 saturated heterocycles. The van der Waals surface area contributed by atoms with Gasteiger partial charge in [-0.25, -0.2) is 0 Å². The van der Waals surface area contributed by atoms with E-state index in [0.29, 0.717) is 6.04 Å². The number of fused-ring (bicyclic) bond motifs is 1. The Morgan fingerprint density at radius 3 is 2.76 bits per heavy atom. The zero-order valence-electron chi connectivity index (χ0n) is 10.2. The van der Waals surface area contributed by atoms with Gasteiger partial charge in [0.05, 0.1) is 11.7 Å². The minimum Gasteiger partial charge on any atom is -0.311 e. The average Bonchev–Trinajstić information content (AvgIpc) is 2.33. The van der Waals surface area contributed by atoms with E-state index in [1.165, 1.54) is 35.7 Å². The van der Waals surface area contributed by atoms with Crippen LogP contribution in [0.5, 0.6) is 0 Å². The highest BCUT2D eigenvalue weighted by Gasteiger charge is 2.29. The molecule has 1 aromatic carbocycles. The van der Waals surface area contributed by atoms with Crippen LogP contribution in [0.25, 0.3) is 10.8 Å². The number of nitrogens with zero attached hydrogens (tertiary/aromatic N) is 1. The van der Waals surface area contributed by atoms with Crippen molar-refractivity contribution < 1.29 is 0 Å². The molecule has 0 amide bonds. The second-order valence-corrected chi connectivity index (χ2v) is 4.87. The topological polar surface area (TPSA) is 24.9 Å². The first-order valence-corrected chi connectivity index (χ1v) is 6.41. The summed E-state index contributed by atoms with van der Waals surface area (Å²) in [6.07, 6.45) is 5.96. The summed E-state index contributed by atoms with van der Waals surface area (Å²) in [5, 5.41) is 6.03. The van der Waals surface area contributed by atoms with Gasteiger partial charge in [0, 0.05) is 11.6 Å². The molecule has 1 aromatic heterocycles. The molecule has 1 heterocycles. The highest BCUT2D eigenvalue weighted by atomic mass is 14.9. The second kappa shape index (κ2) is 4.46. The summed E-state index contributed by atoms with van der Waals surface area (Å²) in [4.78, 5) is 4.62. The van der Waals surface area contributed by atoms with Crippen LogP contribution >= 0.6 is 0 Å². The van der Waals surface area contributed by atoms with Gasteiger partial charge >= 0.3 is 0 Å². The van der Waals surface area contributed by atoms with Crippen molar-refractivity contribution in [1.82, 2.24) is 10.3 Å². The lowest BCUT2D eigenvalue weighted by Crippen LogP contribution is -2.30. The zero-order valence-corrected chi connectivity index (χ0v) is 10.2. The number of rotatable bonds is 3. The van der Waals surface area contributed by atoms with E-state index in [4.69, 9.17) is 0 Å². The Labute approximate surface area is 102 Å². The van der Waals surface area contributed by atoms with Crippen LogP contribution in [0.1, 0.15) is 31.0 Å². The van der Waals surface area contributed by atoms with Crippen LogP contribution in [0.15, 0.2) is 36.5 Å². The van der Waals surface area contributed by atoms with E-state index in [0.717, 1.165) is 5.92 Å². The Morgan fingerprint density at radius 1 is 1.24 bits per heavy atom. The highest BCUT2D eigenvalue weighted by molar-refractivity contribution is 5.84. The molecule has 1 aliphatic rings. The third kappa shape index (κ3) is 1.83. The largest absolute Gasteiger partial charge is 0.311 e. The maximum Gasteiger partial charge on any atom is 0.0654 e. The van der Waals surface area contributed by atoms with Crippen LogP contribution in [0.4, 0.5) is 0 Å². The van der Waals surface area contributed by atoms with Crippen molar-refractivity contribution in [2.24, 2.45) is 5.92 Å². The predicted octanol–water partition coefficient (Wildman–Crippen LogP) is 3.30. The summed E-state index contributed by atoms with van der Waals surface area (Å²) in [7, 11) is 2.05. The fraction of sp³-hybridized carbons (Fsp3) is 0.400. The van der Waals surface area contributed by atoms with Gasteiger partial charge in [0.15, 0.2) is 0 Å². The summed E-state index contributed by atoms with van der Waals surface area (Å²) in [6.45, 7) is 0. The van der Waals surface area contributed by atoms with E-state index < -0.39 is 0 Å². The Morgan fingerprint density at radius 2 is 2.06 bits per heavy atom. The molecule has 1 unspecified atom stereocenters. The minimum absolute atomic E-state index is 0.412. The number of benzene rings is 1. The quantitative estimate of drug-likeness (QED) is 0.868. The normalized spacial score (nSPS) is 17.9. The van der Waals surface area contributed by atoms with Gasteiger partial charge in [0.1, 0.15) is 0 Å². The van der Waals surface area contributed by atoms with E-state index in [1.54, 1.807) is 0 Å². The minimum atomic E-state index is 0.412. The van der Waals surface area contributed by atoms with Gasteiger partial charge in [-0.3, -0.25) is 4.98 Å². The van der Waals surface area contributed by atoms with Crippen molar-refractivity contribution in [1.29, 1.82) is 0 Å². The molecule has 0 spiro atoms. The van der Waals surface area contributed by atoms with Crippen LogP contribution < -0.4 is 5.32 Å². The summed E-state index contributed by atoms with van der Waals surface area (Å²) in [5.74, 6) is 0.762. The number of pyridine rings is 1. The fourth-order valence-electron chi connectivity index (χ4n) is 2.76. The Hall–Kier alpha value is -1.41. The van der Waals surface area contributed by atoms with Gasteiger partial charge in [-0.15, -0.1) is 0 Å². The molecule has 2 aromatic rings. The first kappa shape index (κ1) is 10.7. The maximum absolute atomic E-state index is 4.62. The van der Waals surface area contributed by atoms with Crippen LogP contribution in [-0.2, 0) is 0 Å². The number of nitrogens with one attached hydrogen (secondary N) is 1. The van der Waals surface area contributed by atoms with Crippen molar-refractivity contribution in [2.45, 2.75) is 25.3 Å². The molecule has 1 fully saturated rings. The standard InChI is InChI=1S/C15H18N2/c1-16-14(12-6-4-7-12)15-13-8-3-2-5-11(13)9-10-17-15/h2-3,5,8-10,12,14,16H,4,6-7H2,1H3. The second-order valence-electron chi connectivity index (χ2n) is 4.87. The van der Waals surface area contributed by atoms with Crippen LogP contribution in [0.2, 0.25) is 0 Å². The van der Waals surface area contributed by atoms with E-state index >= 15 is 0 Å². The smallest absolute Gasteiger partial charge is 0.0654 e. The van der Waals surface area contributed by atoms with Crippen molar-refractivity contribution in [2.75, 3.05) is 7.05 Å². The molecule has 1 aliphatic carbocycles. The lowest BCUT2D eigenvalue weighted by molar-refractivity contribution is 0.237. The molecule has 0 bridgehead atoms. The summed E-state index contributed by atoms with van der Waals surface area (Å²) < 4.78 is 0. The lowest BCUT2D eigenvalue weighted by Gasteiger charge is -2.33. The Bertz CT molecular complexity index is 512. The molecule has 2 nitrogen and oxygen atoms in total. The maximum atomic E-state index is 4.62. The Balaban J connectivity index is 2.08. The highest BCUT2D eigenvalue weighted by Crippen LogP contribution is 2.38. The predicted molar refractivity (Wildman–Crippen MR) is 70.9 cm³/mol. The molecular formula is C15H18N2. The van der Waals surface area contributed by atoms with E-state index in [-0.39, 0.29) is 0 Å². The zero-order chi connectivity index (χ0) is 11.7. The van der Waals surface area contributed by atoms with E-state index in [9.17, 15) is 0 Å². The van der Waals surface area contributed by atoms with Crippen LogP contribution in [0, 0.1) is 5.92 Å². The van der Waals surface area contributed by atoms with Crippen molar-refractivity contribution in [3.05, 3.63) is 42.2 Å². The van der Waals surface area contributed by atoms with E-state index in [2.05, 4.69) is 40.6 Å². The third-order valence-electron chi connectivity index (χ3n) is 3.93. The first-order chi connectivity index (χ1) is 8.40. The van der Waals surface area contributed by atoms with Gasteiger partial charge in [-0.2, -0.15) is 0 Å². The molecule has 0 aliphatic heterocycles. The van der Waals surface area contributed by atoms with Gasteiger partial charge in [0.2, 0.25) is 0 Å². The molecular weight excluding hydrogens is 208 g/mol. The van der Waals surface area contributed by atoms with Gasteiger partial charge in [-0.1, -0.05) is 30.7 Å². The number of aromatic nitrogens is 1. The monoisotopic (exact) mass is 226 g/mol. The first-order valence-electron chi connectivity index (χ1n) is 6.41. The lowest BCUT2D eigenvalue weighted by atomic mass is 9.78. The fourth-order valence-corrected chi connectivity index (χ4v) is 2.76. The van der Waals surface area contributed by atoms with Gasteiger partial charge in [-0.05, 0) is 37.3 Å². The molecule has 2 heteroatoms. The molecule has 88 valence electrons. The molecule has 1 saturated carbocycles.